The molecule has 3 aromatic rings. The number of anilines is 3. The SMILES string of the molecule is Cc1ccc(N(C(=O)c2snc(C(N)=O)c2N)[C@@H](C(=O)NC(C)(C)C)c2ccc(N(C)C)cc2)cc1C. The number of primary amides is 1. The summed E-state index contributed by atoms with van der Waals surface area (Å²) in [4.78, 5) is 43.2. The van der Waals surface area contributed by atoms with Gasteiger partial charge in [0.1, 0.15) is 10.9 Å². The standard InChI is InChI=1S/C27H34N6O3S/c1-15-8-11-19(14-16(15)2)33(26(36)23-20(28)21(24(29)34)31-37-23)22(25(35)30-27(3,4)5)17-9-12-18(13-10-17)32(6)7/h8-14,22H,28H2,1-7H3,(H2,29,34)(H,30,35)/t22-/m1/s1. The quantitative estimate of drug-likeness (QED) is 0.432. The topological polar surface area (TPSA) is 135 Å². The van der Waals surface area contributed by atoms with Gasteiger partial charge in [0.25, 0.3) is 11.8 Å². The molecule has 5 N–H and O–H groups in total. The Bertz CT molecular complexity index is 1320. The van der Waals surface area contributed by atoms with Crippen molar-refractivity contribution >= 4 is 46.3 Å². The van der Waals surface area contributed by atoms with E-state index in [0.717, 1.165) is 28.3 Å². The third-order valence-corrected chi connectivity index (χ3v) is 6.72. The fraction of sp³-hybridized carbons (Fsp3) is 0.333. The molecule has 2 aromatic carbocycles. The van der Waals surface area contributed by atoms with Gasteiger partial charge in [0, 0.05) is 31.0 Å². The van der Waals surface area contributed by atoms with Gasteiger partial charge in [0.2, 0.25) is 5.91 Å². The number of nitrogens with zero attached hydrogens (tertiary/aromatic N) is 3. The summed E-state index contributed by atoms with van der Waals surface area (Å²) in [6.45, 7) is 9.53. The smallest absolute Gasteiger partial charge is 0.273 e. The fourth-order valence-corrected chi connectivity index (χ4v) is 4.55. The van der Waals surface area contributed by atoms with E-state index >= 15 is 0 Å². The van der Waals surface area contributed by atoms with Crippen LogP contribution in [0.5, 0.6) is 0 Å². The van der Waals surface area contributed by atoms with Gasteiger partial charge in [-0.25, -0.2) is 0 Å². The minimum Gasteiger partial charge on any atom is -0.395 e. The van der Waals surface area contributed by atoms with Gasteiger partial charge in [-0.2, -0.15) is 4.37 Å². The largest absolute Gasteiger partial charge is 0.395 e. The molecular weight excluding hydrogens is 488 g/mol. The second kappa shape index (κ2) is 10.6. The molecule has 0 bridgehead atoms. The number of benzene rings is 2. The first-order chi connectivity index (χ1) is 17.2. The lowest BCUT2D eigenvalue weighted by Crippen LogP contribution is -2.49. The molecule has 3 amide bonds. The first-order valence-corrected chi connectivity index (χ1v) is 12.5. The molecule has 0 fully saturated rings. The van der Waals surface area contributed by atoms with E-state index in [1.807, 2.05) is 90.0 Å². The number of nitrogens with two attached hydrogens (primary N) is 2. The molecule has 0 aliphatic heterocycles. The van der Waals surface area contributed by atoms with Crippen LogP contribution in [0.4, 0.5) is 17.1 Å². The Hall–Kier alpha value is -3.92. The Labute approximate surface area is 221 Å². The van der Waals surface area contributed by atoms with Crippen molar-refractivity contribution in [3.05, 3.63) is 69.7 Å². The Kier molecular flexibility index (Phi) is 7.92. The number of aromatic nitrogens is 1. The van der Waals surface area contributed by atoms with Crippen molar-refractivity contribution in [2.45, 2.75) is 46.2 Å². The van der Waals surface area contributed by atoms with Crippen LogP contribution in [-0.4, -0.2) is 41.7 Å². The first-order valence-electron chi connectivity index (χ1n) is 11.8. The van der Waals surface area contributed by atoms with Crippen LogP contribution >= 0.6 is 11.5 Å². The molecule has 0 radical (unpaired) electrons. The van der Waals surface area contributed by atoms with E-state index in [9.17, 15) is 14.4 Å². The molecule has 10 heteroatoms. The number of hydrogen-bond donors (Lipinski definition) is 3. The van der Waals surface area contributed by atoms with Gasteiger partial charge in [-0.3, -0.25) is 19.3 Å². The maximum absolute atomic E-state index is 14.1. The average molecular weight is 523 g/mol. The van der Waals surface area contributed by atoms with Gasteiger partial charge < -0.3 is 21.7 Å². The summed E-state index contributed by atoms with van der Waals surface area (Å²) in [5.74, 6) is -1.75. The minimum absolute atomic E-state index is 0.0329. The summed E-state index contributed by atoms with van der Waals surface area (Å²) < 4.78 is 4.00. The molecule has 1 atom stereocenters. The van der Waals surface area contributed by atoms with Crippen LogP contribution in [0.3, 0.4) is 0 Å². The molecule has 1 heterocycles. The summed E-state index contributed by atoms with van der Waals surface area (Å²) in [5, 5.41) is 3.01. The second-order valence-electron chi connectivity index (χ2n) is 10.2. The lowest BCUT2D eigenvalue weighted by molar-refractivity contribution is -0.123. The molecule has 37 heavy (non-hydrogen) atoms. The van der Waals surface area contributed by atoms with E-state index in [-0.39, 0.29) is 22.2 Å². The number of hydrogen-bond acceptors (Lipinski definition) is 7. The predicted molar refractivity (Wildman–Crippen MR) is 149 cm³/mol. The highest BCUT2D eigenvalue weighted by Crippen LogP contribution is 2.34. The number of rotatable bonds is 7. The van der Waals surface area contributed by atoms with Crippen molar-refractivity contribution in [2.24, 2.45) is 5.73 Å². The maximum Gasteiger partial charge on any atom is 0.273 e. The summed E-state index contributed by atoms with van der Waals surface area (Å²) in [6.07, 6.45) is 0. The third-order valence-electron chi connectivity index (χ3n) is 5.87. The second-order valence-corrected chi connectivity index (χ2v) is 11.0. The highest BCUT2D eigenvalue weighted by Gasteiger charge is 2.37. The van der Waals surface area contributed by atoms with Gasteiger partial charge in [0.15, 0.2) is 5.69 Å². The number of aryl methyl sites for hydroxylation is 2. The summed E-state index contributed by atoms with van der Waals surface area (Å²) in [5.41, 5.74) is 14.7. The monoisotopic (exact) mass is 522 g/mol. The summed E-state index contributed by atoms with van der Waals surface area (Å²) >= 11 is 0.781. The number of nitrogens with one attached hydrogen (secondary N) is 1. The van der Waals surface area contributed by atoms with Crippen LogP contribution in [0.1, 0.15) is 63.7 Å². The van der Waals surface area contributed by atoms with Crippen molar-refractivity contribution in [3.8, 4) is 0 Å². The highest BCUT2D eigenvalue weighted by molar-refractivity contribution is 7.09. The van der Waals surface area contributed by atoms with Gasteiger partial charge in [0.05, 0.1) is 5.69 Å². The molecule has 0 saturated heterocycles. The van der Waals surface area contributed by atoms with E-state index in [1.165, 1.54) is 4.90 Å². The highest BCUT2D eigenvalue weighted by atomic mass is 32.1. The lowest BCUT2D eigenvalue weighted by Gasteiger charge is -2.34. The van der Waals surface area contributed by atoms with E-state index in [2.05, 4.69) is 9.69 Å². The van der Waals surface area contributed by atoms with Crippen LogP contribution in [0.25, 0.3) is 0 Å². The van der Waals surface area contributed by atoms with Crippen molar-refractivity contribution < 1.29 is 14.4 Å². The third kappa shape index (κ3) is 6.08. The molecule has 9 nitrogen and oxygen atoms in total. The summed E-state index contributed by atoms with van der Waals surface area (Å²) in [6, 6.07) is 11.9. The number of nitrogen functional groups attached to an aromatic ring is 1. The van der Waals surface area contributed by atoms with Gasteiger partial charge in [-0.05, 0) is 87.1 Å². The van der Waals surface area contributed by atoms with Crippen molar-refractivity contribution in [1.82, 2.24) is 9.69 Å². The van der Waals surface area contributed by atoms with Gasteiger partial charge in [-0.1, -0.05) is 18.2 Å². The van der Waals surface area contributed by atoms with E-state index in [1.54, 1.807) is 6.07 Å². The number of carbonyl (C=O) groups excluding carboxylic acids is 3. The van der Waals surface area contributed by atoms with E-state index in [4.69, 9.17) is 11.5 Å². The molecule has 196 valence electrons. The Morgan fingerprint density at radius 1 is 0.973 bits per heavy atom. The van der Waals surface area contributed by atoms with Crippen molar-refractivity contribution in [3.63, 3.8) is 0 Å². The van der Waals surface area contributed by atoms with Crippen LogP contribution in [0.2, 0.25) is 0 Å². The Morgan fingerprint density at radius 2 is 1.57 bits per heavy atom. The van der Waals surface area contributed by atoms with E-state index in [0.29, 0.717) is 11.3 Å². The molecule has 0 aliphatic rings. The van der Waals surface area contributed by atoms with Crippen LogP contribution in [0, 0.1) is 13.8 Å². The molecule has 0 unspecified atom stereocenters. The average Bonchev–Trinajstić information content (AvgIpc) is 3.19. The molecule has 0 aliphatic carbocycles. The van der Waals surface area contributed by atoms with E-state index < -0.39 is 23.4 Å². The lowest BCUT2D eigenvalue weighted by atomic mass is 9.99. The van der Waals surface area contributed by atoms with Crippen LogP contribution in [-0.2, 0) is 4.79 Å². The Balaban J connectivity index is 2.26. The molecule has 3 rings (SSSR count). The maximum atomic E-state index is 14.1. The molecule has 0 saturated carbocycles. The number of amides is 3. The van der Waals surface area contributed by atoms with Crippen LogP contribution < -0.4 is 26.6 Å². The van der Waals surface area contributed by atoms with Crippen LogP contribution in [0.15, 0.2) is 42.5 Å². The normalized spacial score (nSPS) is 12.1. The predicted octanol–water partition coefficient (Wildman–Crippen LogP) is 3.81. The van der Waals surface area contributed by atoms with Gasteiger partial charge >= 0.3 is 0 Å². The number of carbonyl (C=O) groups is 3. The zero-order valence-electron chi connectivity index (χ0n) is 22.2. The minimum atomic E-state index is -1.04. The van der Waals surface area contributed by atoms with Gasteiger partial charge in [-0.15, -0.1) is 0 Å². The molecular formula is C27H34N6O3S. The molecule has 1 aromatic heterocycles. The van der Waals surface area contributed by atoms with Crippen molar-refractivity contribution in [2.75, 3.05) is 29.6 Å². The zero-order chi connectivity index (χ0) is 27.7. The fourth-order valence-electron chi connectivity index (χ4n) is 3.81. The summed E-state index contributed by atoms with van der Waals surface area (Å²) in [7, 11) is 3.85. The zero-order valence-corrected chi connectivity index (χ0v) is 23.1. The Morgan fingerprint density at radius 3 is 2.05 bits per heavy atom. The first kappa shape index (κ1) is 27.7. The molecule has 0 spiro atoms. The van der Waals surface area contributed by atoms with Crippen molar-refractivity contribution in [1.29, 1.82) is 0 Å².